The molecule has 8 N–H and O–H groups in total. The van der Waals surface area contributed by atoms with E-state index >= 15 is 0 Å². The predicted octanol–water partition coefficient (Wildman–Crippen LogP) is -1.38. The number of aromatic hydroxyl groups is 4. The lowest BCUT2D eigenvalue weighted by atomic mass is 10.0. The first-order chi connectivity index (χ1) is 8.62. The Labute approximate surface area is 103 Å². The van der Waals surface area contributed by atoms with Crippen LogP contribution in [0.3, 0.4) is 0 Å². The van der Waals surface area contributed by atoms with Gasteiger partial charge in [-0.05, 0) is 0 Å². The number of fused-ring (bicyclic) bond motifs is 1. The fourth-order valence-electron chi connectivity index (χ4n) is 1.63. The molecule has 2 amide bonds. The van der Waals surface area contributed by atoms with Crippen molar-refractivity contribution in [1.29, 1.82) is 0 Å². The molecule has 11 nitrogen and oxygen atoms in total. The third kappa shape index (κ3) is 1.37. The quantitative estimate of drug-likeness (QED) is 0.122. The van der Waals surface area contributed by atoms with E-state index in [1.54, 1.807) is 0 Å². The van der Waals surface area contributed by atoms with Gasteiger partial charge in [0.1, 0.15) is 11.3 Å². The van der Waals surface area contributed by atoms with Crippen LogP contribution in [0.2, 0.25) is 0 Å². The third-order valence-corrected chi connectivity index (χ3v) is 2.58. The lowest BCUT2D eigenvalue weighted by Crippen LogP contribution is -2.56. The fraction of sp³-hybridized carbons (Fsp3) is 0.125. The van der Waals surface area contributed by atoms with Gasteiger partial charge in [-0.25, -0.2) is 4.79 Å². The van der Waals surface area contributed by atoms with Gasteiger partial charge >= 0.3 is 11.9 Å². The van der Waals surface area contributed by atoms with E-state index in [0.29, 0.717) is 0 Å². The number of carbonyl (C=O) groups excluding carboxylic acids is 1. The zero-order chi connectivity index (χ0) is 14.7. The fourth-order valence-corrected chi connectivity index (χ4v) is 1.63. The summed E-state index contributed by atoms with van der Waals surface area (Å²) >= 11 is 0. The van der Waals surface area contributed by atoms with Crippen LogP contribution in [0.4, 0.5) is 10.5 Å². The Morgan fingerprint density at radius 3 is 1.84 bits per heavy atom. The highest BCUT2D eigenvalue weighted by Gasteiger charge is 2.52. The summed E-state index contributed by atoms with van der Waals surface area (Å²) in [6.07, 6.45) is 0. The van der Waals surface area contributed by atoms with Crippen molar-refractivity contribution in [2.45, 2.75) is 5.91 Å². The molecule has 0 saturated heterocycles. The molecule has 104 valence electrons. The first-order valence-electron chi connectivity index (χ1n) is 4.59. The van der Waals surface area contributed by atoms with Crippen LogP contribution in [0.1, 0.15) is 5.56 Å². The largest absolute Gasteiger partial charge is 0.504 e. The molecule has 0 aliphatic carbocycles. The first kappa shape index (κ1) is 13.0. The van der Waals surface area contributed by atoms with Crippen LogP contribution in [0, 0.1) is 0 Å². The Kier molecular flexibility index (Phi) is 2.40. The van der Waals surface area contributed by atoms with Gasteiger partial charge in [-0.1, -0.05) is 0 Å². The standard InChI is InChI=1S/C8H8N2O9/c11-3-1-2(4(12)6(14)5(3)13)9(18)7(15)10(19)8(1,16)17/h11-14,16-19H. The molecule has 0 unspecified atom stereocenters. The summed E-state index contributed by atoms with van der Waals surface area (Å²) in [6.45, 7) is 0. The summed E-state index contributed by atoms with van der Waals surface area (Å²) in [6, 6.07) is -1.79. The minimum atomic E-state index is -3.56. The number of hydrogen-bond acceptors (Lipinski definition) is 9. The number of phenols is 4. The van der Waals surface area contributed by atoms with Crippen LogP contribution in [-0.2, 0) is 5.91 Å². The summed E-state index contributed by atoms with van der Waals surface area (Å²) in [4.78, 5) is 11.3. The molecule has 0 aromatic heterocycles. The van der Waals surface area contributed by atoms with Crippen LogP contribution >= 0.6 is 0 Å². The molecule has 1 aromatic rings. The highest BCUT2D eigenvalue weighted by atomic mass is 16.7. The van der Waals surface area contributed by atoms with E-state index in [9.17, 15) is 40.6 Å². The molecule has 1 heterocycles. The second-order valence-corrected chi connectivity index (χ2v) is 3.66. The molecule has 1 aliphatic heterocycles. The van der Waals surface area contributed by atoms with Crippen molar-refractivity contribution in [2.75, 3.05) is 5.06 Å². The summed E-state index contributed by atoms with van der Waals surface area (Å²) in [7, 11) is 0. The van der Waals surface area contributed by atoms with E-state index in [4.69, 9.17) is 5.21 Å². The van der Waals surface area contributed by atoms with Gasteiger partial charge in [0.2, 0.25) is 11.5 Å². The van der Waals surface area contributed by atoms with Crippen LogP contribution in [0.25, 0.3) is 0 Å². The first-order valence-corrected chi connectivity index (χ1v) is 4.59. The molecule has 0 saturated carbocycles. The highest BCUT2D eigenvalue weighted by molar-refractivity contribution is 5.97. The average Bonchev–Trinajstić information content (AvgIpc) is 2.35. The van der Waals surface area contributed by atoms with Gasteiger partial charge in [-0.3, -0.25) is 10.4 Å². The van der Waals surface area contributed by atoms with Crippen LogP contribution in [0.5, 0.6) is 23.0 Å². The number of amides is 2. The topological polar surface area (TPSA) is 185 Å². The summed E-state index contributed by atoms with van der Waals surface area (Å²) in [5.74, 6) is -8.91. The Balaban J connectivity index is 2.93. The Morgan fingerprint density at radius 1 is 0.842 bits per heavy atom. The molecule has 19 heavy (non-hydrogen) atoms. The Bertz CT molecular complexity index is 584. The molecule has 0 bridgehead atoms. The van der Waals surface area contributed by atoms with Gasteiger partial charge in [-0.15, -0.1) is 5.06 Å². The number of urea groups is 1. The highest BCUT2D eigenvalue weighted by Crippen LogP contribution is 2.55. The third-order valence-electron chi connectivity index (χ3n) is 2.58. The molecule has 0 radical (unpaired) electrons. The van der Waals surface area contributed by atoms with Crippen molar-refractivity contribution in [3.8, 4) is 23.0 Å². The monoisotopic (exact) mass is 276 g/mol. The maximum absolute atomic E-state index is 11.3. The Morgan fingerprint density at radius 2 is 1.32 bits per heavy atom. The van der Waals surface area contributed by atoms with Crippen molar-refractivity contribution in [1.82, 2.24) is 5.06 Å². The van der Waals surface area contributed by atoms with E-state index < -0.39 is 56.3 Å². The SMILES string of the molecule is O=C1N(O)c2c(O)c(O)c(O)c(O)c2C(O)(O)N1O. The molecule has 0 atom stereocenters. The minimum Gasteiger partial charge on any atom is -0.504 e. The summed E-state index contributed by atoms with van der Waals surface area (Å²) in [5, 5.41) is 73.7. The number of hydrogen-bond donors (Lipinski definition) is 8. The molecule has 0 fully saturated rings. The maximum Gasteiger partial charge on any atom is 0.377 e. The van der Waals surface area contributed by atoms with Gasteiger partial charge in [0.05, 0.1) is 0 Å². The van der Waals surface area contributed by atoms with Gasteiger partial charge in [0, 0.05) is 0 Å². The van der Waals surface area contributed by atoms with Crippen molar-refractivity contribution in [3.05, 3.63) is 5.56 Å². The molecule has 0 spiro atoms. The number of hydroxylamine groups is 3. The van der Waals surface area contributed by atoms with Crippen molar-refractivity contribution in [3.63, 3.8) is 0 Å². The lowest BCUT2D eigenvalue weighted by molar-refractivity contribution is -0.346. The van der Waals surface area contributed by atoms with Crippen LogP contribution in [0.15, 0.2) is 0 Å². The minimum absolute atomic E-state index is 0.464. The van der Waals surface area contributed by atoms with Crippen molar-refractivity contribution < 1.29 is 45.8 Å². The van der Waals surface area contributed by atoms with Gasteiger partial charge < -0.3 is 30.6 Å². The number of nitrogens with zero attached hydrogens (tertiary/aromatic N) is 2. The number of phenolic OH excluding ortho intramolecular Hbond substituents is 4. The Hall–Kier alpha value is -2.47. The van der Waals surface area contributed by atoms with Gasteiger partial charge in [0.15, 0.2) is 11.5 Å². The normalized spacial score (nSPS) is 17.6. The molecule has 1 aromatic carbocycles. The van der Waals surface area contributed by atoms with E-state index in [1.165, 1.54) is 0 Å². The van der Waals surface area contributed by atoms with Crippen LogP contribution < -0.4 is 5.06 Å². The number of anilines is 1. The van der Waals surface area contributed by atoms with Crippen molar-refractivity contribution >= 4 is 11.7 Å². The molecular formula is C8H8N2O9. The van der Waals surface area contributed by atoms with Crippen LogP contribution in [-0.4, -0.2) is 52.1 Å². The molecule has 1 aliphatic rings. The molecule has 11 heteroatoms. The molecule has 2 rings (SSSR count). The van der Waals surface area contributed by atoms with Gasteiger partial charge in [0.25, 0.3) is 0 Å². The molecular weight excluding hydrogens is 268 g/mol. The lowest BCUT2D eigenvalue weighted by Gasteiger charge is -2.38. The van der Waals surface area contributed by atoms with E-state index in [1.807, 2.05) is 0 Å². The second kappa shape index (κ2) is 3.52. The summed E-state index contributed by atoms with van der Waals surface area (Å²) in [5.41, 5.74) is -2.34. The summed E-state index contributed by atoms with van der Waals surface area (Å²) < 4.78 is 0. The van der Waals surface area contributed by atoms with E-state index in [-0.39, 0.29) is 0 Å². The maximum atomic E-state index is 11.3. The number of aliphatic hydroxyl groups is 2. The zero-order valence-corrected chi connectivity index (χ0v) is 8.88. The van der Waals surface area contributed by atoms with E-state index in [2.05, 4.69) is 0 Å². The second-order valence-electron chi connectivity index (χ2n) is 3.66. The zero-order valence-electron chi connectivity index (χ0n) is 8.88. The number of rotatable bonds is 0. The van der Waals surface area contributed by atoms with Gasteiger partial charge in [-0.2, -0.15) is 5.06 Å². The predicted molar refractivity (Wildman–Crippen MR) is 52.5 cm³/mol. The van der Waals surface area contributed by atoms with E-state index in [0.717, 1.165) is 0 Å². The average molecular weight is 276 g/mol. The number of carbonyl (C=O) groups is 1. The van der Waals surface area contributed by atoms with Crippen molar-refractivity contribution in [2.24, 2.45) is 0 Å². The smallest absolute Gasteiger partial charge is 0.377 e. The number of benzene rings is 1.